The van der Waals surface area contributed by atoms with Crippen LogP contribution >= 0.6 is 0 Å². The van der Waals surface area contributed by atoms with Crippen molar-refractivity contribution in [2.75, 3.05) is 0 Å². The van der Waals surface area contributed by atoms with Gasteiger partial charge in [0, 0.05) is 0 Å². The Hall–Kier alpha value is -0.260. The minimum atomic E-state index is 0.755. The van der Waals surface area contributed by atoms with Crippen LogP contribution in [0.15, 0.2) is 12.2 Å². The van der Waals surface area contributed by atoms with Crippen molar-refractivity contribution in [2.24, 2.45) is 22.7 Å². The second kappa shape index (κ2) is 1.54. The first-order valence-corrected chi connectivity index (χ1v) is 5.55. The van der Waals surface area contributed by atoms with Gasteiger partial charge in [0.25, 0.3) is 0 Å². The molecule has 0 N–H and O–H groups in total. The Labute approximate surface area is 74.0 Å². The molecule has 0 aromatic carbocycles. The summed E-state index contributed by atoms with van der Waals surface area (Å²) in [6, 6.07) is 0. The van der Waals surface area contributed by atoms with Gasteiger partial charge in [0.05, 0.1) is 0 Å². The average Bonchev–Trinajstić information content (AvgIpc) is 2.70. The Kier molecular flexibility index (Phi) is 0.799. The molecule has 0 aliphatic heterocycles. The molecule has 64 valence electrons. The van der Waals surface area contributed by atoms with Gasteiger partial charge >= 0.3 is 0 Å². The normalized spacial score (nSPS) is 64.7. The van der Waals surface area contributed by atoms with Crippen LogP contribution in [0.25, 0.3) is 0 Å². The van der Waals surface area contributed by atoms with Gasteiger partial charge in [-0.25, -0.2) is 0 Å². The Bertz CT molecular complexity index is 242. The highest BCUT2D eigenvalue weighted by Crippen LogP contribution is 2.80. The van der Waals surface area contributed by atoms with Crippen LogP contribution in [0.2, 0.25) is 0 Å². The number of hydrogen-bond donors (Lipinski definition) is 0. The highest BCUT2D eigenvalue weighted by Gasteiger charge is 2.72. The van der Waals surface area contributed by atoms with Gasteiger partial charge in [-0.2, -0.15) is 0 Å². The van der Waals surface area contributed by atoms with E-state index in [9.17, 15) is 0 Å². The van der Waals surface area contributed by atoms with E-state index in [1.54, 1.807) is 25.7 Å². The summed E-state index contributed by atoms with van der Waals surface area (Å²) in [5, 5.41) is 0. The first kappa shape index (κ1) is 6.23. The lowest BCUT2D eigenvalue weighted by Gasteiger charge is -2.39. The minimum absolute atomic E-state index is 0.755. The van der Waals surface area contributed by atoms with Crippen molar-refractivity contribution in [3.63, 3.8) is 0 Å². The minimum Gasteiger partial charge on any atom is -0.0814 e. The molecule has 12 heavy (non-hydrogen) atoms. The average molecular weight is 160 g/mol. The molecule has 0 aromatic rings. The Morgan fingerprint density at radius 3 is 1.83 bits per heavy atom. The summed E-state index contributed by atoms with van der Waals surface area (Å²) < 4.78 is 0. The van der Waals surface area contributed by atoms with Gasteiger partial charge in [0.2, 0.25) is 0 Å². The summed E-state index contributed by atoms with van der Waals surface area (Å²) in [6.07, 6.45) is 14.4. The van der Waals surface area contributed by atoms with Gasteiger partial charge in [0.1, 0.15) is 0 Å². The lowest BCUT2D eigenvalue weighted by atomic mass is 9.65. The fourth-order valence-electron chi connectivity index (χ4n) is 5.02. The molecular weight excluding hydrogens is 144 g/mol. The molecule has 0 amide bonds. The summed E-state index contributed by atoms with van der Waals surface area (Å²) in [6.45, 7) is 0. The Morgan fingerprint density at radius 2 is 1.33 bits per heavy atom. The molecule has 6 aliphatic carbocycles. The lowest BCUT2D eigenvalue weighted by molar-refractivity contribution is 0.141. The standard InChI is InChI=1S/C12H16/c1-2-4-10-9(3-1)11-5-6-12(10,7-11)8-11/h5-6,9-10H,1-4,7-8H2. The van der Waals surface area contributed by atoms with Gasteiger partial charge in [-0.1, -0.05) is 25.0 Å². The van der Waals surface area contributed by atoms with E-state index in [1.807, 2.05) is 0 Å². The van der Waals surface area contributed by atoms with Gasteiger partial charge < -0.3 is 0 Å². The van der Waals surface area contributed by atoms with Crippen molar-refractivity contribution in [3.8, 4) is 0 Å². The first-order chi connectivity index (χ1) is 5.85. The van der Waals surface area contributed by atoms with Crippen molar-refractivity contribution < 1.29 is 0 Å². The van der Waals surface area contributed by atoms with Crippen LogP contribution in [0.5, 0.6) is 0 Å². The van der Waals surface area contributed by atoms with Crippen LogP contribution in [0, 0.1) is 22.7 Å². The van der Waals surface area contributed by atoms with Crippen molar-refractivity contribution in [2.45, 2.75) is 38.5 Å². The molecule has 0 nitrogen and oxygen atoms in total. The van der Waals surface area contributed by atoms with Gasteiger partial charge in [-0.05, 0) is 48.3 Å². The predicted molar refractivity (Wildman–Crippen MR) is 48.7 cm³/mol. The highest BCUT2D eigenvalue weighted by atomic mass is 14.8. The quantitative estimate of drug-likeness (QED) is 0.477. The molecule has 4 fully saturated rings. The van der Waals surface area contributed by atoms with Gasteiger partial charge in [-0.3, -0.25) is 0 Å². The largest absolute Gasteiger partial charge is 0.0814 e. The number of rotatable bonds is 0. The summed E-state index contributed by atoms with van der Waals surface area (Å²) in [5.74, 6) is 2.24. The molecule has 0 heteroatoms. The molecule has 6 rings (SSSR count). The van der Waals surface area contributed by atoms with E-state index in [4.69, 9.17) is 0 Å². The molecular formula is C12H16. The second-order valence-electron chi connectivity index (χ2n) is 5.65. The zero-order valence-corrected chi connectivity index (χ0v) is 7.55. The summed E-state index contributed by atoms with van der Waals surface area (Å²) in [7, 11) is 0. The monoisotopic (exact) mass is 160 g/mol. The molecule has 0 heterocycles. The van der Waals surface area contributed by atoms with Gasteiger partial charge in [-0.15, -0.1) is 0 Å². The Morgan fingerprint density at radius 1 is 0.833 bits per heavy atom. The SMILES string of the molecule is C1=CC23CC1(C2)C1CCCCC13. The molecule has 2 unspecified atom stereocenters. The van der Waals surface area contributed by atoms with E-state index in [2.05, 4.69) is 12.2 Å². The molecule has 4 saturated carbocycles. The molecule has 2 atom stereocenters. The zero-order chi connectivity index (χ0) is 7.81. The van der Waals surface area contributed by atoms with Crippen LogP contribution in [-0.4, -0.2) is 0 Å². The van der Waals surface area contributed by atoms with Crippen molar-refractivity contribution in [1.82, 2.24) is 0 Å². The van der Waals surface area contributed by atoms with Crippen molar-refractivity contribution in [3.05, 3.63) is 12.2 Å². The van der Waals surface area contributed by atoms with Gasteiger partial charge in [0.15, 0.2) is 0 Å². The number of hydrogen-bond acceptors (Lipinski definition) is 0. The second-order valence-corrected chi connectivity index (χ2v) is 5.65. The van der Waals surface area contributed by atoms with E-state index >= 15 is 0 Å². The fraction of sp³-hybridized carbons (Fsp3) is 0.833. The first-order valence-electron chi connectivity index (χ1n) is 5.55. The maximum Gasteiger partial charge on any atom is -0.00701 e. The van der Waals surface area contributed by atoms with Crippen LogP contribution in [-0.2, 0) is 0 Å². The van der Waals surface area contributed by atoms with Crippen LogP contribution in [0.4, 0.5) is 0 Å². The maximum absolute atomic E-state index is 2.58. The van der Waals surface area contributed by atoms with Crippen LogP contribution in [0.1, 0.15) is 38.5 Å². The maximum atomic E-state index is 2.58. The molecule has 2 bridgehead atoms. The summed E-state index contributed by atoms with van der Waals surface area (Å²) in [5.41, 5.74) is 1.51. The molecule has 0 saturated heterocycles. The third-order valence-electron chi connectivity index (χ3n) is 5.31. The van der Waals surface area contributed by atoms with E-state index in [1.165, 1.54) is 12.8 Å². The molecule has 0 radical (unpaired) electrons. The van der Waals surface area contributed by atoms with Crippen LogP contribution < -0.4 is 0 Å². The van der Waals surface area contributed by atoms with E-state index < -0.39 is 0 Å². The number of allylic oxidation sites excluding steroid dienone is 2. The predicted octanol–water partition coefficient (Wildman–Crippen LogP) is 3.14. The third kappa shape index (κ3) is 0.427. The molecule has 6 aliphatic rings. The molecule has 0 aromatic heterocycles. The summed E-state index contributed by atoms with van der Waals surface area (Å²) >= 11 is 0. The highest BCUT2D eigenvalue weighted by molar-refractivity contribution is 5.37. The van der Waals surface area contributed by atoms with E-state index in [0.717, 1.165) is 22.7 Å². The van der Waals surface area contributed by atoms with Crippen molar-refractivity contribution in [1.29, 1.82) is 0 Å². The third-order valence-corrected chi connectivity index (χ3v) is 5.31. The van der Waals surface area contributed by atoms with E-state index in [0.29, 0.717) is 0 Å². The van der Waals surface area contributed by atoms with Crippen molar-refractivity contribution >= 4 is 0 Å². The topological polar surface area (TPSA) is 0 Å². The fourth-order valence-corrected chi connectivity index (χ4v) is 5.02. The molecule has 0 spiro atoms. The van der Waals surface area contributed by atoms with E-state index in [-0.39, 0.29) is 0 Å². The zero-order valence-electron chi connectivity index (χ0n) is 7.55. The Balaban J connectivity index is 1.86. The summed E-state index contributed by atoms with van der Waals surface area (Å²) in [4.78, 5) is 0. The van der Waals surface area contributed by atoms with Crippen LogP contribution in [0.3, 0.4) is 0 Å². The lowest BCUT2D eigenvalue weighted by Crippen LogP contribution is -2.30. The smallest absolute Gasteiger partial charge is 0.00701 e.